The van der Waals surface area contributed by atoms with E-state index in [1.807, 2.05) is 39.0 Å². The molecule has 1 saturated heterocycles. The van der Waals surface area contributed by atoms with Gasteiger partial charge in [0, 0.05) is 30.8 Å². The number of aromatic nitrogens is 2. The van der Waals surface area contributed by atoms with E-state index in [9.17, 15) is 4.79 Å². The average Bonchev–Trinajstić information content (AvgIpc) is 2.82. The van der Waals surface area contributed by atoms with Crippen LogP contribution < -0.4 is 15.8 Å². The molecular weight excluding hydrogens is 499 g/mol. The van der Waals surface area contributed by atoms with E-state index in [0.717, 1.165) is 6.42 Å². The molecular formula is C29H35FN6O3. The molecule has 1 fully saturated rings. The zero-order valence-electron chi connectivity index (χ0n) is 22.9. The highest BCUT2D eigenvalue weighted by Crippen LogP contribution is 2.33. The molecule has 1 atom stereocenters. The molecule has 4 rings (SSSR count). The average molecular weight is 535 g/mol. The van der Waals surface area contributed by atoms with E-state index < -0.39 is 17.5 Å². The van der Waals surface area contributed by atoms with Crippen LogP contribution in [0.2, 0.25) is 0 Å². The lowest BCUT2D eigenvalue weighted by atomic mass is 9.81. The monoisotopic (exact) mass is 534 g/mol. The Morgan fingerprint density at radius 3 is 2.54 bits per heavy atom. The van der Waals surface area contributed by atoms with Crippen LogP contribution in [-0.2, 0) is 4.74 Å². The number of likely N-dealkylation sites (tertiary alicyclic amines) is 1. The van der Waals surface area contributed by atoms with Gasteiger partial charge in [-0.1, -0.05) is 32.0 Å². The first-order valence-corrected chi connectivity index (χ1v) is 12.8. The number of ether oxygens (including phenoxy) is 2. The van der Waals surface area contributed by atoms with Gasteiger partial charge in [-0.25, -0.2) is 19.2 Å². The fourth-order valence-electron chi connectivity index (χ4n) is 4.68. The molecule has 39 heavy (non-hydrogen) atoms. The normalized spacial score (nSPS) is 16.9. The molecule has 206 valence electrons. The van der Waals surface area contributed by atoms with E-state index in [1.54, 1.807) is 23.1 Å². The predicted molar refractivity (Wildman–Crippen MR) is 149 cm³/mol. The zero-order valence-corrected chi connectivity index (χ0v) is 22.9. The number of nitrogens with zero attached hydrogens (tertiary/aromatic N) is 3. The Bertz CT molecular complexity index is 1360. The third kappa shape index (κ3) is 7.01. The molecule has 1 aliphatic heterocycles. The smallest absolute Gasteiger partial charge is 0.410 e. The number of rotatable bonds is 6. The van der Waals surface area contributed by atoms with Crippen molar-refractivity contribution in [2.24, 2.45) is 5.41 Å². The first-order valence-electron chi connectivity index (χ1n) is 12.8. The summed E-state index contributed by atoms with van der Waals surface area (Å²) >= 11 is 0. The minimum absolute atomic E-state index is 0.0271. The molecule has 9 nitrogen and oxygen atoms in total. The van der Waals surface area contributed by atoms with Crippen LogP contribution >= 0.6 is 0 Å². The van der Waals surface area contributed by atoms with Gasteiger partial charge < -0.3 is 25.4 Å². The van der Waals surface area contributed by atoms with Crippen LogP contribution in [-0.4, -0.2) is 51.4 Å². The van der Waals surface area contributed by atoms with Crippen LogP contribution in [0.5, 0.6) is 11.5 Å². The minimum atomic E-state index is -0.641. The maximum absolute atomic E-state index is 15.2. The molecule has 0 saturated carbocycles. The summed E-state index contributed by atoms with van der Waals surface area (Å²) in [6, 6.07) is 13.1. The Balaban J connectivity index is 1.57. The van der Waals surface area contributed by atoms with Crippen molar-refractivity contribution >= 4 is 23.4 Å². The van der Waals surface area contributed by atoms with Gasteiger partial charge in [-0.2, -0.15) is 0 Å². The molecule has 2 aromatic carbocycles. The van der Waals surface area contributed by atoms with Gasteiger partial charge in [0.1, 0.15) is 40.9 Å². The van der Waals surface area contributed by atoms with Gasteiger partial charge in [-0.3, -0.25) is 5.41 Å². The number of carbonyl (C=O) groups is 1. The summed E-state index contributed by atoms with van der Waals surface area (Å²) in [6.07, 6.45) is 1.63. The molecule has 2 heterocycles. The maximum atomic E-state index is 15.2. The molecule has 1 aromatic heterocycles. The number of benzene rings is 2. The van der Waals surface area contributed by atoms with Crippen molar-refractivity contribution < 1.29 is 18.7 Å². The predicted octanol–water partition coefficient (Wildman–Crippen LogP) is 5.85. The maximum Gasteiger partial charge on any atom is 0.410 e. The van der Waals surface area contributed by atoms with E-state index in [2.05, 4.69) is 29.1 Å². The van der Waals surface area contributed by atoms with E-state index in [1.165, 1.54) is 18.5 Å². The van der Waals surface area contributed by atoms with Crippen molar-refractivity contribution in [3.8, 4) is 11.5 Å². The molecule has 1 amide bonds. The Kier molecular flexibility index (Phi) is 7.76. The highest BCUT2D eigenvalue weighted by Gasteiger charge is 2.37. The summed E-state index contributed by atoms with van der Waals surface area (Å²) in [5.41, 5.74) is 5.40. The number of amides is 1. The molecule has 4 N–H and O–H groups in total. The van der Waals surface area contributed by atoms with Gasteiger partial charge in [-0.05, 0) is 56.9 Å². The van der Waals surface area contributed by atoms with E-state index >= 15 is 4.39 Å². The standard InChI is InChI=1S/C29H35FN6O3/c1-28(2,3)39-27(37)36-15-18(14-29(4,5)16-36)35-26-23(25(32)33-17-34-26)24(31)21-12-11-20(13-22(21)30)38-19-9-7-6-8-10-19/h6-13,17-18,31H,14-16H2,1-5H3,(H3,32,33,34,35). The molecule has 1 aliphatic rings. The van der Waals surface area contributed by atoms with Crippen LogP contribution in [0, 0.1) is 16.6 Å². The second kappa shape index (κ2) is 10.9. The molecule has 0 spiro atoms. The van der Waals surface area contributed by atoms with Crippen molar-refractivity contribution in [1.29, 1.82) is 5.41 Å². The SMILES string of the molecule is CC1(C)CC(Nc2ncnc(N)c2C(=N)c2ccc(Oc3ccccc3)cc2F)CN(C(=O)OC(C)(C)C)C1. The lowest BCUT2D eigenvalue weighted by molar-refractivity contribution is 0.00712. The summed E-state index contributed by atoms with van der Waals surface area (Å²) < 4.78 is 26.5. The quantitative estimate of drug-likeness (QED) is 0.338. The van der Waals surface area contributed by atoms with Crippen molar-refractivity contribution in [3.05, 3.63) is 71.8 Å². The van der Waals surface area contributed by atoms with Crippen LogP contribution in [0.15, 0.2) is 54.9 Å². The molecule has 3 aromatic rings. The van der Waals surface area contributed by atoms with Crippen molar-refractivity contribution in [2.75, 3.05) is 24.1 Å². The van der Waals surface area contributed by atoms with Gasteiger partial charge in [-0.15, -0.1) is 0 Å². The number of halogens is 1. The third-order valence-corrected chi connectivity index (χ3v) is 6.17. The fraction of sp³-hybridized carbons (Fsp3) is 0.379. The van der Waals surface area contributed by atoms with Crippen molar-refractivity contribution in [1.82, 2.24) is 14.9 Å². The number of hydrogen-bond donors (Lipinski definition) is 3. The van der Waals surface area contributed by atoms with Crippen molar-refractivity contribution in [2.45, 2.75) is 52.7 Å². The van der Waals surface area contributed by atoms with Crippen LogP contribution in [0.3, 0.4) is 0 Å². The fourth-order valence-corrected chi connectivity index (χ4v) is 4.68. The lowest BCUT2D eigenvalue weighted by Gasteiger charge is -2.43. The Morgan fingerprint density at radius 2 is 1.87 bits per heavy atom. The van der Waals surface area contributed by atoms with Crippen LogP contribution in [0.1, 0.15) is 52.2 Å². The minimum Gasteiger partial charge on any atom is -0.457 e. The summed E-state index contributed by atoms with van der Waals surface area (Å²) in [4.78, 5) is 22.9. The van der Waals surface area contributed by atoms with Crippen LogP contribution in [0.4, 0.5) is 20.8 Å². The first kappa shape index (κ1) is 27.8. The second-order valence-corrected chi connectivity index (χ2v) is 11.5. The molecule has 10 heteroatoms. The molecule has 0 radical (unpaired) electrons. The summed E-state index contributed by atoms with van der Waals surface area (Å²) in [5, 5.41) is 12.2. The van der Waals surface area contributed by atoms with E-state index in [4.69, 9.17) is 20.6 Å². The highest BCUT2D eigenvalue weighted by molar-refractivity contribution is 6.16. The third-order valence-electron chi connectivity index (χ3n) is 6.17. The largest absolute Gasteiger partial charge is 0.457 e. The number of carbonyl (C=O) groups excluding carboxylic acids is 1. The number of nitrogens with one attached hydrogen (secondary N) is 2. The number of hydrogen-bond acceptors (Lipinski definition) is 8. The topological polar surface area (TPSA) is 126 Å². The van der Waals surface area contributed by atoms with Gasteiger partial charge in [0.25, 0.3) is 0 Å². The molecule has 0 aliphatic carbocycles. The number of piperidine rings is 1. The number of nitrogen functional groups attached to an aromatic ring is 1. The number of para-hydroxylation sites is 1. The second-order valence-electron chi connectivity index (χ2n) is 11.5. The Morgan fingerprint density at radius 1 is 1.15 bits per heavy atom. The van der Waals surface area contributed by atoms with E-state index in [0.29, 0.717) is 30.4 Å². The Hall–Kier alpha value is -4.21. The molecule has 0 bridgehead atoms. The number of nitrogens with two attached hydrogens (primary N) is 1. The summed E-state index contributed by atoms with van der Waals surface area (Å²) in [7, 11) is 0. The van der Waals surface area contributed by atoms with Gasteiger partial charge in [0.2, 0.25) is 0 Å². The summed E-state index contributed by atoms with van der Waals surface area (Å²) in [6.45, 7) is 10.5. The highest BCUT2D eigenvalue weighted by atomic mass is 19.1. The van der Waals surface area contributed by atoms with Gasteiger partial charge in [0.15, 0.2) is 0 Å². The zero-order chi connectivity index (χ0) is 28.4. The lowest BCUT2D eigenvalue weighted by Crippen LogP contribution is -2.53. The van der Waals surface area contributed by atoms with Crippen molar-refractivity contribution in [3.63, 3.8) is 0 Å². The summed E-state index contributed by atoms with van der Waals surface area (Å²) in [5.74, 6) is 0.571. The first-order chi connectivity index (χ1) is 18.3. The number of anilines is 2. The van der Waals surface area contributed by atoms with Gasteiger partial charge >= 0.3 is 6.09 Å². The molecule has 1 unspecified atom stereocenters. The van der Waals surface area contributed by atoms with Gasteiger partial charge in [0.05, 0.1) is 11.3 Å². The van der Waals surface area contributed by atoms with Crippen LogP contribution in [0.25, 0.3) is 0 Å². The Labute approximate surface area is 228 Å². The van der Waals surface area contributed by atoms with E-state index in [-0.39, 0.29) is 34.1 Å².